The van der Waals surface area contributed by atoms with Gasteiger partial charge in [0.2, 0.25) is 0 Å². The first-order valence-electron chi connectivity index (χ1n) is 11.7. The molecule has 3 aromatic carbocycles. The van der Waals surface area contributed by atoms with Gasteiger partial charge in [-0.25, -0.2) is 29.9 Å². The van der Waals surface area contributed by atoms with Crippen molar-refractivity contribution in [1.29, 1.82) is 0 Å². The molecule has 37 heavy (non-hydrogen) atoms. The van der Waals surface area contributed by atoms with Crippen LogP contribution in [0.1, 0.15) is 0 Å². The number of aromatic nitrogens is 6. The number of benzene rings is 3. The summed E-state index contributed by atoms with van der Waals surface area (Å²) in [5.41, 5.74) is 9.21. The second-order valence-electron chi connectivity index (χ2n) is 8.36. The van der Waals surface area contributed by atoms with Gasteiger partial charge in [0, 0.05) is 70.9 Å². The third-order valence-electron chi connectivity index (χ3n) is 6.06. The Labute approximate surface area is 214 Å². The Morgan fingerprint density at radius 3 is 0.784 bits per heavy atom. The summed E-state index contributed by atoms with van der Waals surface area (Å²) >= 11 is 0. The number of nitrogens with zero attached hydrogens (tertiary/aromatic N) is 7. The van der Waals surface area contributed by atoms with E-state index in [2.05, 4.69) is 108 Å². The number of hydrogen-bond donors (Lipinski definition) is 0. The van der Waals surface area contributed by atoms with Crippen LogP contribution in [-0.4, -0.2) is 29.9 Å². The summed E-state index contributed by atoms with van der Waals surface area (Å²) < 4.78 is 0. The van der Waals surface area contributed by atoms with Crippen molar-refractivity contribution in [3.05, 3.63) is 129 Å². The first kappa shape index (κ1) is 22.2. The molecule has 176 valence electrons. The van der Waals surface area contributed by atoms with Crippen LogP contribution >= 0.6 is 0 Å². The van der Waals surface area contributed by atoms with E-state index in [-0.39, 0.29) is 0 Å². The smallest absolute Gasteiger partial charge is 0.115 e. The molecule has 0 amide bonds. The largest absolute Gasteiger partial charge is 0.311 e. The minimum absolute atomic E-state index is 0.976. The van der Waals surface area contributed by atoms with Crippen LogP contribution in [0.2, 0.25) is 0 Å². The molecule has 0 fully saturated rings. The van der Waals surface area contributed by atoms with E-state index in [1.807, 2.05) is 37.2 Å². The predicted molar refractivity (Wildman–Crippen MR) is 144 cm³/mol. The molecule has 0 radical (unpaired) electrons. The van der Waals surface area contributed by atoms with Gasteiger partial charge in [-0.2, -0.15) is 0 Å². The van der Waals surface area contributed by atoms with Crippen LogP contribution < -0.4 is 4.90 Å². The molecule has 0 N–H and O–H groups in total. The topological polar surface area (TPSA) is 80.6 Å². The standard InChI is InChI=1S/C30H21N7/c1-7-28(8-2-22(1)25-13-31-19-32-14-25)37(29-9-3-23(4-10-29)26-15-33-20-34-16-26)30-11-5-24(6-12-30)27-17-35-21-36-18-27/h1-21H. The van der Waals surface area contributed by atoms with E-state index in [4.69, 9.17) is 0 Å². The summed E-state index contributed by atoms with van der Waals surface area (Å²) in [7, 11) is 0. The normalized spacial score (nSPS) is 10.7. The van der Waals surface area contributed by atoms with Gasteiger partial charge in [0.1, 0.15) is 19.0 Å². The van der Waals surface area contributed by atoms with Crippen LogP contribution in [-0.2, 0) is 0 Å². The minimum Gasteiger partial charge on any atom is -0.311 e. The molecule has 6 aromatic rings. The van der Waals surface area contributed by atoms with Gasteiger partial charge in [-0.05, 0) is 53.1 Å². The zero-order valence-corrected chi connectivity index (χ0v) is 19.8. The van der Waals surface area contributed by atoms with Crippen molar-refractivity contribution in [2.75, 3.05) is 4.90 Å². The number of hydrogen-bond acceptors (Lipinski definition) is 7. The SMILES string of the molecule is c1ncc(-c2ccc(N(c3ccc(-c4cncnc4)cc3)c3ccc(-c4cncnc4)cc3)cc2)cn1. The van der Waals surface area contributed by atoms with Gasteiger partial charge in [0.25, 0.3) is 0 Å². The fourth-order valence-electron chi connectivity index (χ4n) is 4.20. The zero-order valence-electron chi connectivity index (χ0n) is 19.8. The second kappa shape index (κ2) is 10.1. The van der Waals surface area contributed by atoms with Crippen molar-refractivity contribution >= 4 is 17.1 Å². The Hall–Kier alpha value is -5.30. The quantitative estimate of drug-likeness (QED) is 0.269. The van der Waals surface area contributed by atoms with Crippen LogP contribution in [0.5, 0.6) is 0 Å². The Morgan fingerprint density at radius 1 is 0.297 bits per heavy atom. The number of anilines is 3. The highest BCUT2D eigenvalue weighted by Gasteiger charge is 2.14. The van der Waals surface area contributed by atoms with E-state index in [1.165, 1.54) is 19.0 Å². The van der Waals surface area contributed by atoms with Crippen molar-refractivity contribution in [2.45, 2.75) is 0 Å². The predicted octanol–water partition coefficient (Wildman–Crippen LogP) is 6.53. The molecule has 0 unspecified atom stereocenters. The molecule has 0 aliphatic heterocycles. The summed E-state index contributed by atoms with van der Waals surface area (Å²) in [6.07, 6.45) is 15.5. The van der Waals surface area contributed by atoms with Crippen LogP contribution in [0.3, 0.4) is 0 Å². The van der Waals surface area contributed by atoms with E-state index in [1.54, 1.807) is 0 Å². The van der Waals surface area contributed by atoms with Gasteiger partial charge in [-0.1, -0.05) is 36.4 Å². The molecule has 3 heterocycles. The summed E-state index contributed by atoms with van der Waals surface area (Å²) in [6, 6.07) is 25.2. The molecule has 7 nitrogen and oxygen atoms in total. The molecule has 6 rings (SSSR count). The monoisotopic (exact) mass is 479 g/mol. The third kappa shape index (κ3) is 4.78. The number of rotatable bonds is 6. The molecule has 0 saturated heterocycles. The highest BCUT2D eigenvalue weighted by Crippen LogP contribution is 2.37. The van der Waals surface area contributed by atoms with Crippen molar-refractivity contribution < 1.29 is 0 Å². The minimum atomic E-state index is 0.976. The van der Waals surface area contributed by atoms with Crippen LogP contribution in [0.25, 0.3) is 33.4 Å². The van der Waals surface area contributed by atoms with Gasteiger partial charge in [0.05, 0.1) is 0 Å². The van der Waals surface area contributed by atoms with Crippen molar-refractivity contribution in [3.8, 4) is 33.4 Å². The van der Waals surface area contributed by atoms with Gasteiger partial charge in [-0.15, -0.1) is 0 Å². The molecular weight excluding hydrogens is 458 g/mol. The summed E-state index contributed by atoms with van der Waals surface area (Å²) in [5.74, 6) is 0. The lowest BCUT2D eigenvalue weighted by atomic mass is 10.1. The van der Waals surface area contributed by atoms with Gasteiger partial charge in [-0.3, -0.25) is 0 Å². The zero-order chi connectivity index (χ0) is 24.9. The van der Waals surface area contributed by atoms with Gasteiger partial charge >= 0.3 is 0 Å². The molecule has 0 spiro atoms. The van der Waals surface area contributed by atoms with E-state index >= 15 is 0 Å². The van der Waals surface area contributed by atoms with Crippen LogP contribution in [0.4, 0.5) is 17.1 Å². The Morgan fingerprint density at radius 2 is 0.541 bits per heavy atom. The third-order valence-corrected chi connectivity index (χ3v) is 6.06. The lowest BCUT2D eigenvalue weighted by Crippen LogP contribution is -2.09. The van der Waals surface area contributed by atoms with E-state index in [0.29, 0.717) is 0 Å². The molecule has 0 saturated carbocycles. The lowest BCUT2D eigenvalue weighted by molar-refractivity contribution is 1.17. The highest BCUT2D eigenvalue weighted by atomic mass is 15.1. The Balaban J connectivity index is 1.38. The average molecular weight is 480 g/mol. The molecule has 3 aromatic heterocycles. The average Bonchev–Trinajstić information content (AvgIpc) is 3.00. The van der Waals surface area contributed by atoms with Crippen LogP contribution in [0.15, 0.2) is 129 Å². The summed E-state index contributed by atoms with van der Waals surface area (Å²) in [6.45, 7) is 0. The lowest BCUT2D eigenvalue weighted by Gasteiger charge is -2.26. The maximum absolute atomic E-state index is 4.14. The van der Waals surface area contributed by atoms with Crippen molar-refractivity contribution in [1.82, 2.24) is 29.9 Å². The molecule has 0 aliphatic rings. The highest BCUT2D eigenvalue weighted by molar-refractivity contribution is 5.80. The van der Waals surface area contributed by atoms with Crippen LogP contribution in [0, 0.1) is 0 Å². The fraction of sp³-hybridized carbons (Fsp3) is 0. The van der Waals surface area contributed by atoms with Gasteiger partial charge in [0.15, 0.2) is 0 Å². The van der Waals surface area contributed by atoms with E-state index in [9.17, 15) is 0 Å². The van der Waals surface area contributed by atoms with E-state index < -0.39 is 0 Å². The first-order chi connectivity index (χ1) is 18.3. The second-order valence-corrected chi connectivity index (χ2v) is 8.36. The summed E-state index contributed by atoms with van der Waals surface area (Å²) in [5, 5.41) is 0. The molecule has 7 heteroatoms. The maximum atomic E-state index is 4.14. The Bertz CT molecular complexity index is 1380. The van der Waals surface area contributed by atoms with E-state index in [0.717, 1.165) is 50.4 Å². The maximum Gasteiger partial charge on any atom is 0.115 e. The van der Waals surface area contributed by atoms with Crippen molar-refractivity contribution in [3.63, 3.8) is 0 Å². The van der Waals surface area contributed by atoms with Crippen molar-refractivity contribution in [2.24, 2.45) is 0 Å². The fourth-order valence-corrected chi connectivity index (χ4v) is 4.20. The molecule has 0 aliphatic carbocycles. The molecular formula is C30H21N7. The summed E-state index contributed by atoms with van der Waals surface area (Å²) in [4.78, 5) is 27.1. The first-order valence-corrected chi connectivity index (χ1v) is 11.7. The molecule has 0 atom stereocenters. The molecule has 0 bridgehead atoms. The Kier molecular flexibility index (Phi) is 6.07. The van der Waals surface area contributed by atoms with Gasteiger partial charge < -0.3 is 4.90 Å².